The smallest absolute Gasteiger partial charge is 0.319 e. The summed E-state index contributed by atoms with van der Waals surface area (Å²) in [5.41, 5.74) is 3.34. The number of hydrogen-bond acceptors (Lipinski definition) is 3. The summed E-state index contributed by atoms with van der Waals surface area (Å²) < 4.78 is 2.04. The van der Waals surface area contributed by atoms with E-state index in [0.717, 1.165) is 41.1 Å². The van der Waals surface area contributed by atoms with Gasteiger partial charge >= 0.3 is 6.03 Å². The molecular formula is C16H20N6O. The van der Waals surface area contributed by atoms with E-state index in [9.17, 15) is 4.79 Å². The molecule has 1 aromatic carbocycles. The van der Waals surface area contributed by atoms with Gasteiger partial charge in [-0.05, 0) is 25.0 Å². The molecule has 2 aromatic heterocycles. The topological polar surface area (TPSA) is 87.6 Å². The number of benzene rings is 1. The summed E-state index contributed by atoms with van der Waals surface area (Å²) in [5.74, 6) is 0.844. The molecule has 0 aliphatic rings. The molecule has 0 spiro atoms. The van der Waals surface area contributed by atoms with Crippen molar-refractivity contribution < 1.29 is 4.79 Å². The highest BCUT2D eigenvalue weighted by Crippen LogP contribution is 2.24. The van der Waals surface area contributed by atoms with E-state index in [4.69, 9.17) is 0 Å². The third-order valence-electron chi connectivity index (χ3n) is 3.71. The number of amides is 2. The first kappa shape index (κ1) is 15.1. The summed E-state index contributed by atoms with van der Waals surface area (Å²) in [6.45, 7) is 5.33. The number of imidazole rings is 2. The van der Waals surface area contributed by atoms with E-state index in [1.807, 2.05) is 29.8 Å². The van der Waals surface area contributed by atoms with Crippen molar-refractivity contribution in [1.82, 2.24) is 24.8 Å². The van der Waals surface area contributed by atoms with Crippen LogP contribution in [-0.4, -0.2) is 25.6 Å². The molecule has 0 saturated heterocycles. The Balaban J connectivity index is 1.68. The van der Waals surface area contributed by atoms with Crippen LogP contribution in [0.3, 0.4) is 0 Å². The molecule has 0 bridgehead atoms. The van der Waals surface area contributed by atoms with Gasteiger partial charge in [-0.1, -0.05) is 13.0 Å². The first-order valence-electron chi connectivity index (χ1n) is 7.66. The number of aryl methyl sites for hydroxylation is 2. The van der Waals surface area contributed by atoms with E-state index in [1.54, 1.807) is 12.5 Å². The fourth-order valence-electron chi connectivity index (χ4n) is 2.54. The molecule has 7 heteroatoms. The molecule has 2 amide bonds. The molecule has 0 radical (unpaired) electrons. The predicted molar refractivity (Wildman–Crippen MR) is 89.2 cm³/mol. The average molecular weight is 312 g/mol. The van der Waals surface area contributed by atoms with Gasteiger partial charge < -0.3 is 20.2 Å². The average Bonchev–Trinajstić information content (AvgIpc) is 3.17. The lowest BCUT2D eigenvalue weighted by Gasteiger charge is -2.11. The number of nitrogens with zero attached hydrogens (tertiary/aromatic N) is 3. The van der Waals surface area contributed by atoms with Crippen molar-refractivity contribution in [1.29, 1.82) is 0 Å². The summed E-state index contributed by atoms with van der Waals surface area (Å²) in [7, 11) is 0. The van der Waals surface area contributed by atoms with Gasteiger partial charge in [0, 0.05) is 18.9 Å². The number of fused-ring (bicyclic) bond motifs is 1. The molecule has 2 heterocycles. The van der Waals surface area contributed by atoms with Crippen LogP contribution in [0.2, 0.25) is 0 Å². The molecule has 0 unspecified atom stereocenters. The van der Waals surface area contributed by atoms with Gasteiger partial charge in [-0.3, -0.25) is 0 Å². The van der Waals surface area contributed by atoms with Crippen LogP contribution in [0.5, 0.6) is 0 Å². The lowest BCUT2D eigenvalue weighted by Crippen LogP contribution is -2.29. The van der Waals surface area contributed by atoms with Crippen LogP contribution in [0.4, 0.5) is 10.5 Å². The van der Waals surface area contributed by atoms with Crippen molar-refractivity contribution in [3.05, 3.63) is 42.2 Å². The van der Waals surface area contributed by atoms with Crippen molar-refractivity contribution in [2.45, 2.75) is 33.4 Å². The minimum Gasteiger partial charge on any atom is -0.345 e. The Kier molecular flexibility index (Phi) is 4.27. The highest BCUT2D eigenvalue weighted by molar-refractivity contribution is 5.99. The summed E-state index contributed by atoms with van der Waals surface area (Å²) in [6, 6.07) is 3.63. The fraction of sp³-hybridized carbons (Fsp3) is 0.312. The monoisotopic (exact) mass is 312 g/mol. The first-order valence-corrected chi connectivity index (χ1v) is 7.66. The molecule has 120 valence electrons. The highest BCUT2D eigenvalue weighted by Gasteiger charge is 2.11. The second-order valence-corrected chi connectivity index (χ2v) is 5.40. The van der Waals surface area contributed by atoms with Crippen LogP contribution < -0.4 is 10.6 Å². The van der Waals surface area contributed by atoms with Gasteiger partial charge in [0.05, 0.1) is 24.1 Å². The number of anilines is 1. The Hall–Kier alpha value is -2.83. The van der Waals surface area contributed by atoms with Crippen LogP contribution in [-0.2, 0) is 13.1 Å². The fourth-order valence-corrected chi connectivity index (χ4v) is 2.54. The molecule has 0 saturated carbocycles. The van der Waals surface area contributed by atoms with Crippen molar-refractivity contribution >= 4 is 22.8 Å². The van der Waals surface area contributed by atoms with Gasteiger partial charge in [-0.25, -0.2) is 14.8 Å². The molecule has 0 atom stereocenters. The van der Waals surface area contributed by atoms with Gasteiger partial charge in [0.1, 0.15) is 11.3 Å². The van der Waals surface area contributed by atoms with Gasteiger partial charge in [0.15, 0.2) is 0 Å². The van der Waals surface area contributed by atoms with E-state index in [-0.39, 0.29) is 6.03 Å². The van der Waals surface area contributed by atoms with Crippen molar-refractivity contribution in [3.8, 4) is 0 Å². The van der Waals surface area contributed by atoms with E-state index >= 15 is 0 Å². The number of aromatic amines is 1. The highest BCUT2D eigenvalue weighted by atomic mass is 16.2. The molecule has 7 nitrogen and oxygen atoms in total. The standard InChI is InChI=1S/C16H20N6O/c1-3-7-22-8-6-17-13(22)9-18-16(23)21-14-11(2)4-5-12-15(14)20-10-19-12/h4-6,8,10H,3,7,9H2,1-2H3,(H,19,20)(H2,18,21,23). The quantitative estimate of drug-likeness (QED) is 0.677. The summed E-state index contributed by atoms with van der Waals surface area (Å²) in [5, 5.41) is 5.73. The molecule has 0 fully saturated rings. The maximum absolute atomic E-state index is 12.2. The zero-order chi connectivity index (χ0) is 16.2. The van der Waals surface area contributed by atoms with Gasteiger partial charge in [-0.15, -0.1) is 0 Å². The zero-order valence-electron chi connectivity index (χ0n) is 13.3. The van der Waals surface area contributed by atoms with E-state index in [0.29, 0.717) is 6.54 Å². The maximum atomic E-state index is 12.2. The third kappa shape index (κ3) is 3.18. The molecule has 0 aliphatic carbocycles. The third-order valence-corrected chi connectivity index (χ3v) is 3.71. The molecule has 0 aliphatic heterocycles. The number of rotatable bonds is 5. The van der Waals surface area contributed by atoms with Gasteiger partial charge in [-0.2, -0.15) is 0 Å². The second kappa shape index (κ2) is 6.51. The number of carbonyl (C=O) groups excluding carboxylic acids is 1. The number of nitrogens with one attached hydrogen (secondary N) is 3. The van der Waals surface area contributed by atoms with E-state index in [1.165, 1.54) is 0 Å². The summed E-state index contributed by atoms with van der Waals surface area (Å²) in [6.07, 6.45) is 6.32. The largest absolute Gasteiger partial charge is 0.345 e. The first-order chi connectivity index (χ1) is 11.2. The van der Waals surface area contributed by atoms with E-state index in [2.05, 4.69) is 32.5 Å². The second-order valence-electron chi connectivity index (χ2n) is 5.40. The van der Waals surface area contributed by atoms with Crippen LogP contribution in [0.15, 0.2) is 30.9 Å². The SMILES string of the molecule is CCCn1ccnc1CNC(=O)Nc1c(C)ccc2[nH]cnc12. The molecular weight excluding hydrogens is 292 g/mol. The normalized spacial score (nSPS) is 10.9. The van der Waals surface area contributed by atoms with Crippen LogP contribution in [0, 0.1) is 6.92 Å². The predicted octanol–water partition coefficient (Wildman–Crippen LogP) is 2.80. The van der Waals surface area contributed by atoms with Crippen molar-refractivity contribution in [3.63, 3.8) is 0 Å². The van der Waals surface area contributed by atoms with E-state index < -0.39 is 0 Å². The molecule has 3 rings (SSSR count). The Labute approximate surface area is 134 Å². The summed E-state index contributed by atoms with van der Waals surface area (Å²) in [4.78, 5) is 23.8. The van der Waals surface area contributed by atoms with Crippen LogP contribution >= 0.6 is 0 Å². The number of urea groups is 1. The Morgan fingerprint density at radius 2 is 2.22 bits per heavy atom. The van der Waals surface area contributed by atoms with Crippen molar-refractivity contribution in [2.24, 2.45) is 0 Å². The van der Waals surface area contributed by atoms with Gasteiger partial charge in [0.2, 0.25) is 0 Å². The Morgan fingerprint density at radius 3 is 3.04 bits per heavy atom. The number of hydrogen-bond donors (Lipinski definition) is 3. The Bertz CT molecular complexity index is 819. The Morgan fingerprint density at radius 1 is 1.35 bits per heavy atom. The number of carbonyl (C=O) groups is 1. The molecule has 23 heavy (non-hydrogen) atoms. The summed E-state index contributed by atoms with van der Waals surface area (Å²) >= 11 is 0. The van der Waals surface area contributed by atoms with Crippen LogP contribution in [0.25, 0.3) is 11.0 Å². The maximum Gasteiger partial charge on any atom is 0.319 e. The van der Waals surface area contributed by atoms with Gasteiger partial charge in [0.25, 0.3) is 0 Å². The molecule has 3 N–H and O–H groups in total. The van der Waals surface area contributed by atoms with Crippen LogP contribution in [0.1, 0.15) is 24.7 Å². The minimum atomic E-state index is -0.269. The lowest BCUT2D eigenvalue weighted by atomic mass is 10.1. The minimum absolute atomic E-state index is 0.269. The van der Waals surface area contributed by atoms with Crippen molar-refractivity contribution in [2.75, 3.05) is 5.32 Å². The lowest BCUT2D eigenvalue weighted by molar-refractivity contribution is 0.251. The zero-order valence-corrected chi connectivity index (χ0v) is 13.3. The number of aromatic nitrogens is 4. The molecule has 3 aromatic rings. The number of H-pyrrole nitrogens is 1.